The van der Waals surface area contributed by atoms with E-state index in [4.69, 9.17) is 4.74 Å². The van der Waals surface area contributed by atoms with Gasteiger partial charge in [0.1, 0.15) is 11.5 Å². The average molecular weight is 858 g/mol. The summed E-state index contributed by atoms with van der Waals surface area (Å²) in [6, 6.07) is 96.8. The average Bonchev–Trinajstić information content (AvgIpc) is 3.40. The van der Waals surface area contributed by atoms with Crippen molar-refractivity contribution in [2.75, 3.05) is 4.90 Å². The molecule has 0 atom stereocenters. The van der Waals surface area contributed by atoms with E-state index in [1.54, 1.807) is 0 Å². The number of fused-ring (bicyclic) bond motifs is 11. The van der Waals surface area contributed by atoms with Crippen molar-refractivity contribution >= 4 is 67.4 Å². The fraction of sp³-hybridized carbons (Fsp3) is 0.0159. The summed E-state index contributed by atoms with van der Waals surface area (Å²) >= 11 is 0. The maximum atomic E-state index is 6.89. The minimum absolute atomic E-state index is 0.710. The van der Waals surface area contributed by atoms with Crippen molar-refractivity contribution in [3.05, 3.63) is 283 Å². The van der Waals surface area contributed by atoms with Gasteiger partial charge < -0.3 is 9.64 Å². The van der Waals surface area contributed by atoms with E-state index in [2.05, 4.69) is 266 Å². The highest BCUT2D eigenvalue weighted by molar-refractivity contribution is 7.20. The van der Waals surface area contributed by atoms with Crippen LogP contribution in [0, 0.1) is 0 Å². The van der Waals surface area contributed by atoms with Crippen molar-refractivity contribution in [2.24, 2.45) is 0 Å². The smallest absolute Gasteiger partial charge is 0.180 e. The maximum Gasteiger partial charge on any atom is 0.180 e. The molecule has 0 aromatic heterocycles. The minimum Gasteiger partial charge on any atom is -0.457 e. The predicted molar refractivity (Wildman–Crippen MR) is 277 cm³/mol. The van der Waals surface area contributed by atoms with E-state index < -0.39 is 13.5 Å². The molecule has 2 heterocycles. The Bertz CT molecular complexity index is 3540. The number of nitrogens with zero attached hydrogens (tertiary/aromatic N) is 1. The molecule has 0 N–H and O–H groups in total. The van der Waals surface area contributed by atoms with Crippen molar-refractivity contribution in [1.82, 2.24) is 0 Å². The van der Waals surface area contributed by atoms with Gasteiger partial charge in [-0.15, -0.1) is 0 Å². The molecule has 11 aromatic carbocycles. The molecule has 1 spiro atoms. The first-order valence-electron chi connectivity index (χ1n) is 22.8. The number of ether oxygens (including phenoxy) is 1. The molecule has 0 radical (unpaired) electrons. The van der Waals surface area contributed by atoms with Crippen LogP contribution < -0.4 is 30.4 Å². The van der Waals surface area contributed by atoms with Gasteiger partial charge in [-0.3, -0.25) is 0 Å². The van der Waals surface area contributed by atoms with Gasteiger partial charge in [0.2, 0.25) is 0 Å². The standard InChI is InChI=1S/C63H43NOSi/c1-4-18-44(19-5-1)45-34-36-48(37-35-45)64(49-38-40-54-47(42-49)33-32-46-20-10-11-25-53(46)54)50-39-41-62-58(43-50)63(55-26-12-15-29-59(55)65-60-30-16-13-27-56(60)63)57-28-14-17-31-61(57)66(62,51-21-6-2-7-22-51)52-23-8-3-9-24-52/h1-43H. The zero-order valence-corrected chi connectivity index (χ0v) is 37.2. The molecule has 0 unspecified atom stereocenters. The van der Waals surface area contributed by atoms with Gasteiger partial charge in [-0.1, -0.05) is 212 Å². The van der Waals surface area contributed by atoms with Crippen LogP contribution in [-0.2, 0) is 5.41 Å². The molecular weight excluding hydrogens is 815 g/mol. The molecular formula is C63H43NOSi. The Morgan fingerprint density at radius 1 is 0.318 bits per heavy atom. The van der Waals surface area contributed by atoms with Crippen LogP contribution in [0.2, 0.25) is 0 Å². The van der Waals surface area contributed by atoms with E-state index in [-0.39, 0.29) is 0 Å². The Morgan fingerprint density at radius 2 is 0.803 bits per heavy atom. The first-order valence-corrected chi connectivity index (χ1v) is 24.8. The van der Waals surface area contributed by atoms with Gasteiger partial charge in [0.25, 0.3) is 0 Å². The van der Waals surface area contributed by atoms with Crippen LogP contribution in [0.3, 0.4) is 0 Å². The van der Waals surface area contributed by atoms with Gasteiger partial charge in [-0.2, -0.15) is 0 Å². The van der Waals surface area contributed by atoms with E-state index in [1.807, 2.05) is 0 Å². The zero-order chi connectivity index (χ0) is 43.7. The Labute approximate surface area is 386 Å². The normalized spacial score (nSPS) is 13.8. The van der Waals surface area contributed by atoms with Crippen LogP contribution in [0.4, 0.5) is 17.1 Å². The lowest BCUT2D eigenvalue weighted by atomic mass is 9.63. The number of rotatable bonds is 6. The first-order chi connectivity index (χ1) is 32.7. The van der Waals surface area contributed by atoms with Crippen molar-refractivity contribution in [3.63, 3.8) is 0 Å². The minimum atomic E-state index is -3.01. The lowest BCUT2D eigenvalue weighted by Crippen LogP contribution is -2.79. The first kappa shape index (κ1) is 38.2. The van der Waals surface area contributed by atoms with Crippen molar-refractivity contribution in [2.45, 2.75) is 5.41 Å². The lowest BCUT2D eigenvalue weighted by molar-refractivity contribution is 0.435. The summed E-state index contributed by atoms with van der Waals surface area (Å²) in [5.74, 6) is 1.76. The second-order valence-corrected chi connectivity index (χ2v) is 21.3. The Balaban J connectivity index is 1.15. The van der Waals surface area contributed by atoms with Gasteiger partial charge >= 0.3 is 0 Å². The summed E-state index contributed by atoms with van der Waals surface area (Å²) in [5.41, 5.74) is 9.81. The van der Waals surface area contributed by atoms with Crippen molar-refractivity contribution in [3.8, 4) is 22.6 Å². The molecule has 13 rings (SSSR count). The van der Waals surface area contributed by atoms with E-state index in [0.29, 0.717) is 0 Å². The second kappa shape index (κ2) is 15.2. The third-order valence-corrected chi connectivity index (χ3v) is 19.1. The van der Waals surface area contributed by atoms with Crippen LogP contribution >= 0.6 is 0 Å². The van der Waals surface area contributed by atoms with Gasteiger partial charge in [-0.25, -0.2) is 0 Å². The largest absolute Gasteiger partial charge is 0.457 e. The SMILES string of the molecule is c1ccc(-c2ccc(N(c3ccc4c(c3)C3(c5ccccc5Oc5ccccc53)c3ccccc3[Si]4(c3ccccc3)c3ccccc3)c3ccc4c(ccc5ccccc54)c3)cc2)cc1. The summed E-state index contributed by atoms with van der Waals surface area (Å²) in [4.78, 5) is 2.46. The summed E-state index contributed by atoms with van der Waals surface area (Å²) in [5, 5.41) is 10.4. The molecule has 2 nitrogen and oxygen atoms in total. The summed E-state index contributed by atoms with van der Waals surface area (Å²) in [6.07, 6.45) is 0. The molecule has 0 fully saturated rings. The Hall–Kier alpha value is -8.24. The molecule has 0 bridgehead atoms. The van der Waals surface area contributed by atoms with Crippen LogP contribution in [0.25, 0.3) is 32.7 Å². The fourth-order valence-corrected chi connectivity index (χ4v) is 16.8. The lowest BCUT2D eigenvalue weighted by Gasteiger charge is -2.51. The Morgan fingerprint density at radius 3 is 1.50 bits per heavy atom. The molecule has 3 heteroatoms. The number of hydrogen-bond donors (Lipinski definition) is 0. The third kappa shape index (κ3) is 5.60. The highest BCUT2D eigenvalue weighted by Gasteiger charge is 2.57. The molecule has 11 aromatic rings. The van der Waals surface area contributed by atoms with Gasteiger partial charge in [0.15, 0.2) is 8.07 Å². The molecule has 0 aliphatic carbocycles. The van der Waals surface area contributed by atoms with Crippen LogP contribution in [0.1, 0.15) is 22.3 Å². The highest BCUT2D eigenvalue weighted by atomic mass is 28.3. The maximum absolute atomic E-state index is 6.89. The number of benzene rings is 11. The molecule has 0 saturated carbocycles. The van der Waals surface area contributed by atoms with Crippen molar-refractivity contribution < 1.29 is 4.74 Å². The molecule has 310 valence electrons. The number of para-hydroxylation sites is 2. The monoisotopic (exact) mass is 857 g/mol. The predicted octanol–water partition coefficient (Wildman–Crippen LogP) is 13.3. The van der Waals surface area contributed by atoms with Crippen molar-refractivity contribution in [1.29, 1.82) is 0 Å². The van der Waals surface area contributed by atoms with Gasteiger partial charge in [0.05, 0.1) is 5.41 Å². The molecule has 0 saturated heterocycles. The summed E-state index contributed by atoms with van der Waals surface area (Å²) < 4.78 is 6.89. The van der Waals surface area contributed by atoms with Crippen LogP contribution in [0.5, 0.6) is 11.5 Å². The van der Waals surface area contributed by atoms with E-state index in [9.17, 15) is 0 Å². The van der Waals surface area contributed by atoms with Gasteiger partial charge in [-0.05, 0) is 113 Å². The van der Waals surface area contributed by atoms with E-state index in [1.165, 1.54) is 64.5 Å². The Kier molecular flexibility index (Phi) is 8.80. The fourth-order valence-electron chi connectivity index (χ4n) is 11.5. The molecule has 2 aliphatic heterocycles. The highest BCUT2D eigenvalue weighted by Crippen LogP contribution is 2.57. The summed E-state index contributed by atoms with van der Waals surface area (Å²) in [6.45, 7) is 0. The second-order valence-electron chi connectivity index (χ2n) is 17.5. The third-order valence-electron chi connectivity index (χ3n) is 14.2. The van der Waals surface area contributed by atoms with Crippen LogP contribution in [0.15, 0.2) is 261 Å². The quantitative estimate of drug-likeness (QED) is 0.122. The summed E-state index contributed by atoms with van der Waals surface area (Å²) in [7, 11) is -3.01. The molecule has 0 amide bonds. The van der Waals surface area contributed by atoms with Crippen LogP contribution in [-0.4, -0.2) is 8.07 Å². The number of anilines is 3. The zero-order valence-electron chi connectivity index (χ0n) is 36.2. The van der Waals surface area contributed by atoms with E-state index >= 15 is 0 Å². The molecule has 66 heavy (non-hydrogen) atoms. The van der Waals surface area contributed by atoms with Gasteiger partial charge in [0, 0.05) is 28.2 Å². The topological polar surface area (TPSA) is 12.5 Å². The molecule has 2 aliphatic rings. The number of hydrogen-bond acceptors (Lipinski definition) is 2. The van der Waals surface area contributed by atoms with E-state index in [0.717, 1.165) is 39.7 Å².